The van der Waals surface area contributed by atoms with Crippen LogP contribution in [0.15, 0.2) is 21.3 Å². The second-order valence-corrected chi connectivity index (χ2v) is 2.95. The summed E-state index contributed by atoms with van der Waals surface area (Å²) in [6.07, 6.45) is -4.35. The van der Waals surface area contributed by atoms with E-state index in [9.17, 15) is 23.1 Å². The Morgan fingerprint density at radius 1 is 1.47 bits per heavy atom. The molecule has 0 bridgehead atoms. The largest absolute Gasteiger partial charge is 1.00 e. The minimum atomic E-state index is -4.83. The van der Waals surface area contributed by atoms with Gasteiger partial charge < -0.3 is 9.90 Å². The second-order valence-electron chi connectivity index (χ2n) is 2.95. The Labute approximate surface area is 136 Å². The van der Waals surface area contributed by atoms with Crippen molar-refractivity contribution in [2.24, 2.45) is 9.98 Å². The minimum Gasteiger partial charge on any atom is -0.545 e. The Morgan fingerprint density at radius 2 is 2.12 bits per heavy atom. The number of allylic oxidation sites excluding steroid dienone is 1. The van der Waals surface area contributed by atoms with Crippen LogP contribution in [0.5, 0.6) is 0 Å². The van der Waals surface area contributed by atoms with Crippen molar-refractivity contribution in [2.45, 2.75) is 12.5 Å². The van der Waals surface area contributed by atoms with Crippen molar-refractivity contribution in [3.63, 3.8) is 0 Å². The molecule has 0 amide bonds. The third kappa shape index (κ3) is 2.71. The number of carbonyl (C=O) groups is 1. The molecule has 2 aliphatic rings. The van der Waals surface area contributed by atoms with Crippen molar-refractivity contribution in [1.29, 1.82) is 0 Å². The van der Waals surface area contributed by atoms with E-state index in [4.69, 9.17) is 0 Å². The smallest absolute Gasteiger partial charge is 0.545 e. The summed E-state index contributed by atoms with van der Waals surface area (Å²) < 4.78 is 37.9. The number of carboxylic acids is 1. The zero-order chi connectivity index (χ0) is 11.9. The van der Waals surface area contributed by atoms with Crippen LogP contribution in [0.3, 0.4) is 0 Å². The maximum atomic E-state index is 12.6. The minimum absolute atomic E-state index is 0. The monoisotopic (exact) mass is 272 g/mol. The molecule has 10 heteroatoms. The Bertz CT molecular complexity index is 431. The molecule has 1 atom stereocenters. The molecule has 0 saturated carbocycles. The van der Waals surface area contributed by atoms with Crippen LogP contribution in [0.2, 0.25) is 0 Å². The molecule has 6 nitrogen and oxygen atoms in total. The summed E-state index contributed by atoms with van der Waals surface area (Å²) in [6.45, 7) is 0. The van der Waals surface area contributed by atoms with Gasteiger partial charge in [0.15, 0.2) is 5.70 Å². The van der Waals surface area contributed by atoms with Gasteiger partial charge in [0.2, 0.25) is 6.29 Å². The molecule has 2 aliphatic heterocycles. The van der Waals surface area contributed by atoms with E-state index in [1.165, 1.54) is 0 Å². The van der Waals surface area contributed by atoms with Gasteiger partial charge in [0.25, 0.3) is 0 Å². The molecular formula is C7H4F3KN4O2. The van der Waals surface area contributed by atoms with Gasteiger partial charge in [-0.3, -0.25) is 5.43 Å². The molecule has 0 spiro atoms. The molecule has 1 N–H and O–H groups in total. The number of nitrogens with zero attached hydrogens (tertiary/aromatic N) is 3. The molecule has 0 radical (unpaired) electrons. The van der Waals surface area contributed by atoms with Crippen molar-refractivity contribution in [3.8, 4) is 0 Å². The van der Waals surface area contributed by atoms with Gasteiger partial charge in [0.05, 0.1) is 5.97 Å². The quantitative estimate of drug-likeness (QED) is 0.491. The zero-order valence-electron chi connectivity index (χ0n) is 8.52. The van der Waals surface area contributed by atoms with Crippen molar-refractivity contribution >= 4 is 18.5 Å². The summed E-state index contributed by atoms with van der Waals surface area (Å²) in [6, 6.07) is 0. The Kier molecular flexibility index (Phi) is 4.36. The van der Waals surface area contributed by atoms with Crippen molar-refractivity contribution in [3.05, 3.63) is 11.3 Å². The van der Waals surface area contributed by atoms with E-state index in [1.807, 2.05) is 0 Å². The maximum Gasteiger partial charge on any atom is 1.00 e. The summed E-state index contributed by atoms with van der Waals surface area (Å²) >= 11 is 0. The van der Waals surface area contributed by atoms with Gasteiger partial charge in [0.1, 0.15) is 6.34 Å². The van der Waals surface area contributed by atoms with Crippen LogP contribution in [-0.4, -0.2) is 36.0 Å². The van der Waals surface area contributed by atoms with E-state index >= 15 is 0 Å². The summed E-state index contributed by atoms with van der Waals surface area (Å²) in [5, 5.41) is 11.1. The Balaban J connectivity index is 0.00000144. The van der Waals surface area contributed by atoms with Crippen LogP contribution in [-0.2, 0) is 4.79 Å². The number of rotatable bonds is 1. The van der Waals surface area contributed by atoms with Crippen LogP contribution < -0.4 is 61.9 Å². The van der Waals surface area contributed by atoms with Crippen LogP contribution >= 0.6 is 0 Å². The van der Waals surface area contributed by atoms with Crippen LogP contribution in [0.4, 0.5) is 13.2 Å². The number of nitrogens with one attached hydrogen (secondary N) is 1. The number of hydrogen-bond acceptors (Lipinski definition) is 6. The third-order valence-corrected chi connectivity index (χ3v) is 1.96. The maximum absolute atomic E-state index is 12.6. The zero-order valence-corrected chi connectivity index (χ0v) is 11.6. The molecule has 86 valence electrons. The van der Waals surface area contributed by atoms with E-state index in [1.54, 1.807) is 0 Å². The first-order valence-corrected chi connectivity index (χ1v) is 4.04. The van der Waals surface area contributed by atoms with Crippen LogP contribution in [0.25, 0.3) is 0 Å². The molecule has 2 heterocycles. The molecule has 2 rings (SSSR count). The fourth-order valence-corrected chi connectivity index (χ4v) is 1.35. The number of fused-ring (bicyclic) bond motifs is 1. The van der Waals surface area contributed by atoms with Gasteiger partial charge in [-0.15, -0.1) is 0 Å². The predicted molar refractivity (Wildman–Crippen MR) is 43.8 cm³/mol. The molecule has 17 heavy (non-hydrogen) atoms. The first kappa shape index (κ1) is 14.6. The molecule has 0 aromatic heterocycles. The van der Waals surface area contributed by atoms with Gasteiger partial charge >= 0.3 is 57.6 Å². The Morgan fingerprint density at radius 3 is 2.65 bits per heavy atom. The molecule has 0 aromatic rings. The molecule has 1 unspecified atom stereocenters. The average molecular weight is 272 g/mol. The Hall–Kier alpha value is -0.424. The summed E-state index contributed by atoms with van der Waals surface area (Å²) in [5.41, 5.74) is -0.238. The molecule has 0 aliphatic carbocycles. The summed E-state index contributed by atoms with van der Waals surface area (Å²) in [4.78, 5) is 17.6. The molecular weight excluding hydrogens is 268 g/mol. The van der Waals surface area contributed by atoms with Crippen molar-refractivity contribution in [2.75, 3.05) is 0 Å². The first-order valence-electron chi connectivity index (χ1n) is 4.04. The standard InChI is InChI=1S/C7H5F3N4O2.K/c8-7(9,10)4-3(5(15)16)1-11-6-12-2-13-14(4)6;/h1-2,6H,(H,12,13)(H,15,16);/q;+1/p-1. The van der Waals surface area contributed by atoms with E-state index in [0.29, 0.717) is 11.2 Å². The summed E-state index contributed by atoms with van der Waals surface area (Å²) in [5.74, 6) is -1.94. The van der Waals surface area contributed by atoms with Crippen LogP contribution in [0.1, 0.15) is 0 Å². The fraction of sp³-hybridized carbons (Fsp3) is 0.286. The number of hydrogen-bond donors (Lipinski definition) is 1. The fourth-order valence-electron chi connectivity index (χ4n) is 1.35. The number of hydrazine groups is 1. The topological polar surface area (TPSA) is 80.1 Å². The SMILES string of the molecule is O=C([O-])C1=C(C(F)(F)F)N2NC=NC2N=C1.[K+]. The van der Waals surface area contributed by atoms with Gasteiger partial charge in [-0.2, -0.15) is 13.2 Å². The van der Waals surface area contributed by atoms with Crippen molar-refractivity contribution in [1.82, 2.24) is 10.4 Å². The average Bonchev–Trinajstić information content (AvgIpc) is 2.61. The number of aliphatic imine (C=N–C) groups is 2. The molecule has 0 aromatic carbocycles. The summed E-state index contributed by atoms with van der Waals surface area (Å²) in [7, 11) is 0. The normalized spacial score (nSPS) is 22.1. The van der Waals surface area contributed by atoms with E-state index in [2.05, 4.69) is 15.4 Å². The third-order valence-electron chi connectivity index (χ3n) is 1.96. The number of alkyl halides is 3. The van der Waals surface area contributed by atoms with Crippen molar-refractivity contribution < 1.29 is 74.5 Å². The van der Waals surface area contributed by atoms with Gasteiger partial charge in [-0.05, 0) is 0 Å². The number of carboxylic acid groups (broad SMARTS) is 1. The van der Waals surface area contributed by atoms with Gasteiger partial charge in [-0.1, -0.05) is 0 Å². The first-order chi connectivity index (χ1) is 7.41. The molecule has 0 fully saturated rings. The van der Waals surface area contributed by atoms with E-state index in [0.717, 1.165) is 6.34 Å². The van der Waals surface area contributed by atoms with Gasteiger partial charge in [-0.25, -0.2) is 15.0 Å². The second kappa shape index (κ2) is 5.06. The van der Waals surface area contributed by atoms with E-state index < -0.39 is 29.7 Å². The molecule has 0 saturated heterocycles. The van der Waals surface area contributed by atoms with E-state index in [-0.39, 0.29) is 51.4 Å². The number of carbonyl (C=O) groups excluding carboxylic acids is 1. The van der Waals surface area contributed by atoms with Gasteiger partial charge in [0, 0.05) is 11.8 Å². The predicted octanol–water partition coefficient (Wildman–Crippen LogP) is -4.23. The number of halogens is 3. The number of aliphatic carboxylic acids is 1. The van der Waals surface area contributed by atoms with Crippen LogP contribution in [0, 0.1) is 0 Å².